The first-order valence-corrected chi connectivity index (χ1v) is 11.2. The van der Waals surface area contributed by atoms with Gasteiger partial charge < -0.3 is 14.8 Å². The molecule has 2 heterocycles. The number of ether oxygens (including phenoxy) is 2. The van der Waals surface area contributed by atoms with Gasteiger partial charge in [-0.2, -0.15) is 4.98 Å². The van der Waals surface area contributed by atoms with Gasteiger partial charge in [0.15, 0.2) is 12.3 Å². The van der Waals surface area contributed by atoms with Crippen molar-refractivity contribution in [3.63, 3.8) is 0 Å². The van der Waals surface area contributed by atoms with E-state index in [4.69, 9.17) is 9.47 Å². The molecule has 4 atom stereocenters. The molecule has 0 radical (unpaired) electrons. The third-order valence-corrected chi connectivity index (χ3v) is 5.91. The Bertz CT molecular complexity index is 1210. The zero-order chi connectivity index (χ0) is 24.2. The fourth-order valence-corrected chi connectivity index (χ4v) is 4.18. The van der Waals surface area contributed by atoms with Crippen LogP contribution in [0.3, 0.4) is 0 Å². The van der Waals surface area contributed by atoms with Crippen LogP contribution in [0.1, 0.15) is 47.7 Å². The molecule has 0 bridgehead atoms. The Morgan fingerprint density at radius 3 is 2.21 bits per heavy atom. The SMILES string of the molecule is CC(C)[C@H]1O[C@@H](n2ccc(NC(=O)c3ccccc3)nc2=O)[C@H](OC(=O)c2ccccc2)[C@@H]1C. The largest absolute Gasteiger partial charge is 0.454 e. The molecule has 0 saturated carbocycles. The molecule has 1 aromatic heterocycles. The summed E-state index contributed by atoms with van der Waals surface area (Å²) < 4.78 is 13.3. The maximum absolute atomic E-state index is 12.9. The van der Waals surface area contributed by atoms with E-state index in [1.54, 1.807) is 48.5 Å². The molecule has 1 saturated heterocycles. The van der Waals surface area contributed by atoms with E-state index in [2.05, 4.69) is 10.3 Å². The van der Waals surface area contributed by atoms with Crippen LogP contribution >= 0.6 is 0 Å². The second-order valence-electron chi connectivity index (χ2n) is 8.65. The van der Waals surface area contributed by atoms with Crippen molar-refractivity contribution in [1.82, 2.24) is 9.55 Å². The minimum atomic E-state index is -0.839. The summed E-state index contributed by atoms with van der Waals surface area (Å²) in [7, 11) is 0. The first kappa shape index (κ1) is 23.4. The van der Waals surface area contributed by atoms with Crippen LogP contribution in [-0.2, 0) is 9.47 Å². The third kappa shape index (κ3) is 4.92. The maximum atomic E-state index is 12.9. The van der Waals surface area contributed by atoms with Crippen LogP contribution in [0, 0.1) is 11.8 Å². The Hall–Kier alpha value is -3.78. The van der Waals surface area contributed by atoms with Gasteiger partial charge in [-0.05, 0) is 36.2 Å². The van der Waals surface area contributed by atoms with Crippen molar-refractivity contribution in [3.8, 4) is 0 Å². The second kappa shape index (κ2) is 10.0. The average molecular weight is 462 g/mol. The highest BCUT2D eigenvalue weighted by atomic mass is 16.6. The number of benzene rings is 2. The zero-order valence-electron chi connectivity index (χ0n) is 19.3. The minimum Gasteiger partial charge on any atom is -0.454 e. The maximum Gasteiger partial charge on any atom is 0.351 e. The normalized spacial score (nSPS) is 21.9. The Morgan fingerprint density at radius 2 is 1.62 bits per heavy atom. The topological polar surface area (TPSA) is 99.5 Å². The summed E-state index contributed by atoms with van der Waals surface area (Å²) in [5.74, 6) is -0.735. The molecule has 1 aliphatic heterocycles. The Kier molecular flexibility index (Phi) is 6.88. The number of hydrogen-bond acceptors (Lipinski definition) is 6. The van der Waals surface area contributed by atoms with Gasteiger partial charge in [0.1, 0.15) is 5.82 Å². The molecule has 1 amide bonds. The summed E-state index contributed by atoms with van der Waals surface area (Å²) in [5, 5.41) is 2.63. The number of hydrogen-bond donors (Lipinski definition) is 1. The molecule has 8 nitrogen and oxygen atoms in total. The fraction of sp³-hybridized carbons (Fsp3) is 0.308. The predicted octanol–water partition coefficient (Wildman–Crippen LogP) is 3.91. The van der Waals surface area contributed by atoms with E-state index in [9.17, 15) is 14.4 Å². The van der Waals surface area contributed by atoms with Crippen molar-refractivity contribution in [2.75, 3.05) is 5.32 Å². The van der Waals surface area contributed by atoms with Crippen LogP contribution in [0.15, 0.2) is 77.7 Å². The standard InChI is InChI=1S/C26H27N3O5/c1-16(2)21-17(3)22(34-25(31)19-12-8-5-9-13-19)24(33-21)29-15-14-20(28-26(29)32)27-23(30)18-10-6-4-7-11-18/h4-17,21-22,24H,1-3H3,(H,27,28,30,32)/t17-,21-,22-,24-/m1/s1. The molecule has 0 aliphatic carbocycles. The molecule has 34 heavy (non-hydrogen) atoms. The molecule has 3 aromatic rings. The third-order valence-electron chi connectivity index (χ3n) is 5.91. The molecule has 1 aliphatic rings. The van der Waals surface area contributed by atoms with Gasteiger partial charge >= 0.3 is 11.7 Å². The van der Waals surface area contributed by atoms with Crippen molar-refractivity contribution < 1.29 is 19.1 Å². The van der Waals surface area contributed by atoms with Crippen molar-refractivity contribution >= 4 is 17.7 Å². The van der Waals surface area contributed by atoms with Crippen LogP contribution in [0.2, 0.25) is 0 Å². The van der Waals surface area contributed by atoms with Gasteiger partial charge in [-0.25, -0.2) is 9.59 Å². The summed E-state index contributed by atoms with van der Waals surface area (Å²) in [5.41, 5.74) is 0.258. The average Bonchev–Trinajstić information content (AvgIpc) is 3.16. The summed E-state index contributed by atoms with van der Waals surface area (Å²) in [6.45, 7) is 5.98. The van der Waals surface area contributed by atoms with Crippen LogP contribution < -0.4 is 11.0 Å². The number of nitrogens with zero attached hydrogens (tertiary/aromatic N) is 2. The molecule has 8 heteroatoms. The molecular weight excluding hydrogens is 434 g/mol. The van der Waals surface area contributed by atoms with Crippen molar-refractivity contribution in [3.05, 3.63) is 94.5 Å². The Balaban J connectivity index is 1.58. The Labute approximate surface area is 197 Å². The van der Waals surface area contributed by atoms with Gasteiger partial charge in [0, 0.05) is 17.7 Å². The first-order chi connectivity index (χ1) is 16.3. The summed E-state index contributed by atoms with van der Waals surface area (Å²) in [6, 6.07) is 18.9. The van der Waals surface area contributed by atoms with Gasteiger partial charge in [-0.3, -0.25) is 9.36 Å². The highest BCUT2D eigenvalue weighted by Gasteiger charge is 2.47. The van der Waals surface area contributed by atoms with Crippen LogP contribution in [0.25, 0.3) is 0 Å². The van der Waals surface area contributed by atoms with Gasteiger partial charge in [0.05, 0.1) is 11.7 Å². The van der Waals surface area contributed by atoms with Gasteiger partial charge in [0.25, 0.3) is 5.91 Å². The van der Waals surface area contributed by atoms with Gasteiger partial charge in [0.2, 0.25) is 0 Å². The summed E-state index contributed by atoms with van der Waals surface area (Å²) in [4.78, 5) is 42.1. The molecule has 176 valence electrons. The monoisotopic (exact) mass is 461 g/mol. The summed E-state index contributed by atoms with van der Waals surface area (Å²) in [6.07, 6.45) is -0.249. The van der Waals surface area contributed by atoms with E-state index >= 15 is 0 Å². The molecule has 2 aromatic carbocycles. The van der Waals surface area contributed by atoms with E-state index in [1.165, 1.54) is 16.8 Å². The van der Waals surface area contributed by atoms with Gasteiger partial charge in [-0.15, -0.1) is 0 Å². The molecule has 0 unspecified atom stereocenters. The van der Waals surface area contributed by atoms with E-state index in [0.29, 0.717) is 11.1 Å². The van der Waals surface area contributed by atoms with E-state index in [0.717, 1.165) is 0 Å². The number of carbonyl (C=O) groups is 2. The minimum absolute atomic E-state index is 0.124. The molecule has 1 fully saturated rings. The molecule has 4 rings (SSSR count). The number of aromatic nitrogens is 2. The van der Waals surface area contributed by atoms with Crippen LogP contribution in [0.5, 0.6) is 0 Å². The number of amides is 1. The molecular formula is C26H27N3O5. The van der Waals surface area contributed by atoms with E-state index in [-0.39, 0.29) is 29.7 Å². The lowest BCUT2D eigenvalue weighted by Gasteiger charge is -2.23. The first-order valence-electron chi connectivity index (χ1n) is 11.2. The number of carbonyl (C=O) groups excluding carboxylic acids is 2. The lowest BCUT2D eigenvalue weighted by Crippen LogP contribution is -2.36. The van der Waals surface area contributed by atoms with Crippen molar-refractivity contribution in [2.45, 2.75) is 39.2 Å². The van der Waals surface area contributed by atoms with Crippen molar-refractivity contribution in [2.24, 2.45) is 11.8 Å². The number of anilines is 1. The number of rotatable bonds is 6. The smallest absolute Gasteiger partial charge is 0.351 e. The quantitative estimate of drug-likeness (QED) is 0.559. The van der Waals surface area contributed by atoms with E-state index < -0.39 is 24.0 Å². The van der Waals surface area contributed by atoms with Crippen molar-refractivity contribution in [1.29, 1.82) is 0 Å². The van der Waals surface area contributed by atoms with Crippen LogP contribution in [-0.4, -0.2) is 33.6 Å². The lowest BCUT2D eigenvalue weighted by molar-refractivity contribution is -0.0593. The predicted molar refractivity (Wildman–Crippen MR) is 126 cm³/mol. The molecule has 0 spiro atoms. The van der Waals surface area contributed by atoms with E-state index in [1.807, 2.05) is 32.9 Å². The second-order valence-corrected chi connectivity index (χ2v) is 8.65. The van der Waals surface area contributed by atoms with Crippen LogP contribution in [0.4, 0.5) is 5.82 Å². The molecule has 1 N–H and O–H groups in total. The summed E-state index contributed by atoms with van der Waals surface area (Å²) >= 11 is 0. The fourth-order valence-electron chi connectivity index (χ4n) is 4.18. The highest BCUT2D eigenvalue weighted by molar-refractivity contribution is 6.03. The number of nitrogens with one attached hydrogen (secondary N) is 1. The highest BCUT2D eigenvalue weighted by Crippen LogP contribution is 2.39. The Morgan fingerprint density at radius 1 is 1.00 bits per heavy atom. The zero-order valence-corrected chi connectivity index (χ0v) is 19.3. The lowest BCUT2D eigenvalue weighted by atomic mass is 9.92. The van der Waals surface area contributed by atoms with Gasteiger partial charge in [-0.1, -0.05) is 57.2 Å². The number of esters is 1.